The van der Waals surface area contributed by atoms with Gasteiger partial charge in [-0.25, -0.2) is 0 Å². The maximum Gasteiger partial charge on any atom is 0.136 e. The molecule has 2 rings (SSSR count). The Balaban J connectivity index is 2.04. The van der Waals surface area contributed by atoms with Crippen LogP contribution < -0.4 is 10.1 Å². The van der Waals surface area contributed by atoms with E-state index in [-0.39, 0.29) is 0 Å². The number of rotatable bonds is 4. The molecule has 0 amide bonds. The second kappa shape index (κ2) is 5.85. The number of likely N-dealkylation sites (N-methyl/N-ethyl adjacent to an activating group) is 1. The van der Waals surface area contributed by atoms with Crippen LogP contribution in [-0.4, -0.2) is 38.2 Å². The SMILES string of the molecule is CNC1CCN(Cc2ccc(C#N)c(OC)c2)C1. The van der Waals surface area contributed by atoms with Crippen molar-refractivity contribution < 1.29 is 4.74 Å². The van der Waals surface area contributed by atoms with Crippen molar-refractivity contribution >= 4 is 0 Å². The number of ether oxygens (including phenoxy) is 1. The van der Waals surface area contributed by atoms with Crippen molar-refractivity contribution in [3.8, 4) is 11.8 Å². The number of nitriles is 1. The van der Waals surface area contributed by atoms with Crippen molar-refractivity contribution in [1.29, 1.82) is 5.26 Å². The van der Waals surface area contributed by atoms with Gasteiger partial charge in [0, 0.05) is 25.7 Å². The van der Waals surface area contributed by atoms with E-state index in [2.05, 4.69) is 16.3 Å². The summed E-state index contributed by atoms with van der Waals surface area (Å²) in [5.41, 5.74) is 1.79. The number of methoxy groups -OCH3 is 1. The normalized spacial score (nSPS) is 19.7. The number of likely N-dealkylation sites (tertiary alicyclic amines) is 1. The minimum Gasteiger partial charge on any atom is -0.495 e. The molecule has 1 aliphatic rings. The lowest BCUT2D eigenvalue weighted by Crippen LogP contribution is -2.29. The summed E-state index contributed by atoms with van der Waals surface area (Å²) in [5, 5.41) is 12.3. The molecule has 0 spiro atoms. The lowest BCUT2D eigenvalue weighted by atomic mass is 10.1. The van der Waals surface area contributed by atoms with Crippen molar-refractivity contribution in [1.82, 2.24) is 10.2 Å². The molecular formula is C14H19N3O. The van der Waals surface area contributed by atoms with Crippen molar-refractivity contribution in [3.05, 3.63) is 29.3 Å². The van der Waals surface area contributed by atoms with Gasteiger partial charge in [0.25, 0.3) is 0 Å². The molecule has 18 heavy (non-hydrogen) atoms. The largest absolute Gasteiger partial charge is 0.495 e. The van der Waals surface area contributed by atoms with E-state index < -0.39 is 0 Å². The van der Waals surface area contributed by atoms with E-state index in [1.807, 2.05) is 25.2 Å². The van der Waals surface area contributed by atoms with E-state index in [4.69, 9.17) is 10.00 Å². The minimum atomic E-state index is 0.593. The van der Waals surface area contributed by atoms with Crippen LogP contribution in [0.1, 0.15) is 17.5 Å². The highest BCUT2D eigenvalue weighted by atomic mass is 16.5. The molecule has 96 valence electrons. The van der Waals surface area contributed by atoms with Crippen molar-refractivity contribution in [2.24, 2.45) is 0 Å². The highest BCUT2D eigenvalue weighted by Crippen LogP contribution is 2.21. The molecule has 1 atom stereocenters. The zero-order valence-corrected chi connectivity index (χ0v) is 10.9. The number of hydrogen-bond acceptors (Lipinski definition) is 4. The molecule has 0 bridgehead atoms. The second-order valence-corrected chi connectivity index (χ2v) is 4.66. The Hall–Kier alpha value is -1.57. The van der Waals surface area contributed by atoms with Crippen molar-refractivity contribution in [2.45, 2.75) is 19.0 Å². The van der Waals surface area contributed by atoms with Gasteiger partial charge in [0.2, 0.25) is 0 Å². The fourth-order valence-corrected chi connectivity index (χ4v) is 2.40. The summed E-state index contributed by atoms with van der Waals surface area (Å²) in [6, 6.07) is 8.54. The van der Waals surface area contributed by atoms with E-state index in [9.17, 15) is 0 Å². The van der Waals surface area contributed by atoms with Crippen molar-refractivity contribution in [3.63, 3.8) is 0 Å². The summed E-state index contributed by atoms with van der Waals surface area (Å²) < 4.78 is 5.23. The smallest absolute Gasteiger partial charge is 0.136 e. The fraction of sp³-hybridized carbons (Fsp3) is 0.500. The standard InChI is InChI=1S/C14H19N3O/c1-16-13-5-6-17(10-13)9-11-3-4-12(8-15)14(7-11)18-2/h3-4,7,13,16H,5-6,9-10H2,1-2H3. The summed E-state index contributed by atoms with van der Waals surface area (Å²) in [5.74, 6) is 0.666. The van der Waals surface area contributed by atoms with Crippen LogP contribution in [0.3, 0.4) is 0 Å². The maximum atomic E-state index is 8.94. The van der Waals surface area contributed by atoms with Gasteiger partial charge in [0.05, 0.1) is 12.7 Å². The third-order valence-electron chi connectivity index (χ3n) is 3.47. The molecule has 1 aliphatic heterocycles. The van der Waals surface area contributed by atoms with Gasteiger partial charge in [-0.05, 0) is 31.2 Å². The van der Waals surface area contributed by atoms with Crippen LogP contribution in [0.25, 0.3) is 0 Å². The van der Waals surface area contributed by atoms with Crippen LogP contribution in [-0.2, 0) is 6.54 Å². The molecule has 4 nitrogen and oxygen atoms in total. The van der Waals surface area contributed by atoms with Crippen molar-refractivity contribution in [2.75, 3.05) is 27.2 Å². The summed E-state index contributed by atoms with van der Waals surface area (Å²) >= 11 is 0. The van der Waals surface area contributed by atoms with Crippen LogP contribution in [0, 0.1) is 11.3 Å². The molecule has 1 N–H and O–H groups in total. The summed E-state index contributed by atoms with van der Waals surface area (Å²) in [6.07, 6.45) is 1.20. The Morgan fingerprint density at radius 3 is 3.00 bits per heavy atom. The van der Waals surface area contributed by atoms with E-state index >= 15 is 0 Å². The van der Waals surface area contributed by atoms with Gasteiger partial charge in [0.15, 0.2) is 0 Å². The first kappa shape index (κ1) is 12.9. The monoisotopic (exact) mass is 245 g/mol. The zero-order valence-electron chi connectivity index (χ0n) is 10.9. The average Bonchev–Trinajstić information content (AvgIpc) is 2.86. The molecular weight excluding hydrogens is 226 g/mol. The van der Waals surface area contributed by atoms with Crippen LogP contribution in [0.5, 0.6) is 5.75 Å². The molecule has 0 aromatic heterocycles. The Morgan fingerprint density at radius 2 is 2.39 bits per heavy atom. The van der Waals surface area contributed by atoms with Gasteiger partial charge in [0.1, 0.15) is 11.8 Å². The van der Waals surface area contributed by atoms with E-state index in [1.165, 1.54) is 12.0 Å². The molecule has 1 aromatic rings. The molecule has 0 radical (unpaired) electrons. The maximum absolute atomic E-state index is 8.94. The van der Waals surface area contributed by atoms with Gasteiger partial charge in [-0.3, -0.25) is 4.90 Å². The van der Waals surface area contributed by atoms with Gasteiger partial charge in [-0.2, -0.15) is 5.26 Å². The third-order valence-corrected chi connectivity index (χ3v) is 3.47. The molecule has 1 saturated heterocycles. The fourth-order valence-electron chi connectivity index (χ4n) is 2.40. The predicted molar refractivity (Wildman–Crippen MR) is 70.5 cm³/mol. The summed E-state index contributed by atoms with van der Waals surface area (Å²) in [7, 11) is 3.62. The number of nitrogens with one attached hydrogen (secondary N) is 1. The van der Waals surface area contributed by atoms with E-state index in [0.29, 0.717) is 17.4 Å². The number of nitrogens with zero attached hydrogens (tertiary/aromatic N) is 2. The topological polar surface area (TPSA) is 48.3 Å². The minimum absolute atomic E-state index is 0.593. The Labute approximate surface area is 108 Å². The molecule has 4 heteroatoms. The van der Waals surface area contributed by atoms with Gasteiger partial charge < -0.3 is 10.1 Å². The first-order chi connectivity index (χ1) is 8.76. The highest BCUT2D eigenvalue weighted by molar-refractivity contribution is 5.45. The Morgan fingerprint density at radius 1 is 1.56 bits per heavy atom. The quantitative estimate of drug-likeness (QED) is 0.870. The van der Waals surface area contributed by atoms with Crippen LogP contribution in [0.15, 0.2) is 18.2 Å². The average molecular weight is 245 g/mol. The lowest BCUT2D eigenvalue weighted by molar-refractivity contribution is 0.321. The molecule has 0 saturated carbocycles. The lowest BCUT2D eigenvalue weighted by Gasteiger charge is -2.16. The Bertz CT molecular complexity index is 453. The Kier molecular flexibility index (Phi) is 4.19. The van der Waals surface area contributed by atoms with Crippen LogP contribution >= 0.6 is 0 Å². The first-order valence-electron chi connectivity index (χ1n) is 6.23. The predicted octanol–water partition coefficient (Wildman–Crippen LogP) is 1.36. The summed E-state index contributed by atoms with van der Waals surface area (Å²) in [6.45, 7) is 3.12. The molecule has 1 heterocycles. The summed E-state index contributed by atoms with van der Waals surface area (Å²) in [4.78, 5) is 2.42. The third kappa shape index (κ3) is 2.81. The number of hydrogen-bond donors (Lipinski definition) is 1. The second-order valence-electron chi connectivity index (χ2n) is 4.66. The zero-order chi connectivity index (χ0) is 13.0. The van der Waals surface area contributed by atoms with Crippen LogP contribution in [0.4, 0.5) is 0 Å². The van der Waals surface area contributed by atoms with E-state index in [1.54, 1.807) is 7.11 Å². The van der Waals surface area contributed by atoms with Gasteiger partial charge in [-0.1, -0.05) is 6.07 Å². The van der Waals surface area contributed by atoms with Gasteiger partial charge >= 0.3 is 0 Å². The molecule has 1 fully saturated rings. The highest BCUT2D eigenvalue weighted by Gasteiger charge is 2.20. The van der Waals surface area contributed by atoms with E-state index in [0.717, 1.165) is 19.6 Å². The molecule has 1 aromatic carbocycles. The molecule has 1 unspecified atom stereocenters. The molecule has 0 aliphatic carbocycles. The van der Waals surface area contributed by atoms with Crippen LogP contribution in [0.2, 0.25) is 0 Å². The first-order valence-corrected chi connectivity index (χ1v) is 6.23. The van der Waals surface area contributed by atoms with Gasteiger partial charge in [-0.15, -0.1) is 0 Å². The number of benzene rings is 1.